The van der Waals surface area contributed by atoms with Gasteiger partial charge in [-0.1, -0.05) is 24.3 Å². The van der Waals surface area contributed by atoms with Crippen molar-refractivity contribution < 1.29 is 14.6 Å². The smallest absolute Gasteiger partial charge is 0.307 e. The molecule has 1 aliphatic heterocycles. The van der Waals surface area contributed by atoms with Crippen molar-refractivity contribution in [2.75, 3.05) is 0 Å². The number of hydrogen-bond donors (Lipinski definition) is 1. The van der Waals surface area contributed by atoms with Crippen molar-refractivity contribution in [3.8, 4) is 5.75 Å². The Labute approximate surface area is 88.0 Å². The molecule has 3 heteroatoms. The van der Waals surface area contributed by atoms with Crippen LogP contribution in [0, 0.1) is 0 Å². The molecule has 2 rings (SSSR count). The SMILES string of the molecule is CC1(CC(=O)O)C=Cc2ccccc2O1. The fourth-order valence-electron chi connectivity index (χ4n) is 1.66. The van der Waals surface area contributed by atoms with Gasteiger partial charge >= 0.3 is 5.97 Å². The van der Waals surface area contributed by atoms with Crippen LogP contribution in [-0.4, -0.2) is 16.7 Å². The Morgan fingerprint density at radius 1 is 1.47 bits per heavy atom. The predicted octanol–water partition coefficient (Wildman–Crippen LogP) is 2.33. The zero-order chi connectivity index (χ0) is 10.9. The molecular weight excluding hydrogens is 192 g/mol. The van der Waals surface area contributed by atoms with Crippen LogP contribution in [0.5, 0.6) is 5.75 Å². The summed E-state index contributed by atoms with van der Waals surface area (Å²) >= 11 is 0. The molecule has 0 fully saturated rings. The third kappa shape index (κ3) is 2.01. The van der Waals surface area contributed by atoms with E-state index in [2.05, 4.69) is 0 Å². The second-order valence-electron chi connectivity index (χ2n) is 3.86. The fourth-order valence-corrected chi connectivity index (χ4v) is 1.66. The van der Waals surface area contributed by atoms with Crippen LogP contribution in [0.25, 0.3) is 6.08 Å². The van der Waals surface area contributed by atoms with E-state index in [4.69, 9.17) is 9.84 Å². The molecule has 0 radical (unpaired) electrons. The first-order valence-electron chi connectivity index (χ1n) is 4.78. The first kappa shape index (κ1) is 9.77. The zero-order valence-corrected chi connectivity index (χ0v) is 8.43. The van der Waals surface area contributed by atoms with Crippen molar-refractivity contribution in [1.29, 1.82) is 0 Å². The predicted molar refractivity (Wildman–Crippen MR) is 56.8 cm³/mol. The highest BCUT2D eigenvalue weighted by atomic mass is 16.5. The van der Waals surface area contributed by atoms with Crippen LogP contribution >= 0.6 is 0 Å². The molecule has 78 valence electrons. The maximum absolute atomic E-state index is 10.7. The van der Waals surface area contributed by atoms with Crippen LogP contribution in [0.1, 0.15) is 18.9 Å². The Balaban J connectivity index is 2.28. The molecule has 0 amide bonds. The highest BCUT2D eigenvalue weighted by molar-refractivity contribution is 5.70. The number of hydrogen-bond acceptors (Lipinski definition) is 2. The molecule has 0 saturated carbocycles. The largest absolute Gasteiger partial charge is 0.482 e. The number of ether oxygens (including phenoxy) is 1. The second kappa shape index (κ2) is 3.42. The summed E-state index contributed by atoms with van der Waals surface area (Å²) in [7, 11) is 0. The normalized spacial score (nSPS) is 23.0. The molecule has 1 heterocycles. The zero-order valence-electron chi connectivity index (χ0n) is 8.43. The lowest BCUT2D eigenvalue weighted by Gasteiger charge is -2.30. The molecule has 1 N–H and O–H groups in total. The minimum Gasteiger partial charge on any atom is -0.482 e. The number of aliphatic carboxylic acids is 1. The van der Waals surface area contributed by atoms with E-state index in [1.165, 1.54) is 0 Å². The third-order valence-corrected chi connectivity index (χ3v) is 2.38. The van der Waals surface area contributed by atoms with Crippen LogP contribution in [0.2, 0.25) is 0 Å². The van der Waals surface area contributed by atoms with E-state index in [9.17, 15) is 4.79 Å². The number of para-hydroxylation sites is 1. The minimum absolute atomic E-state index is 0.0299. The van der Waals surface area contributed by atoms with E-state index in [1.54, 1.807) is 13.0 Å². The monoisotopic (exact) mass is 204 g/mol. The average Bonchev–Trinajstić information content (AvgIpc) is 2.15. The Bertz CT molecular complexity index is 423. The number of carboxylic acids is 1. The van der Waals surface area contributed by atoms with E-state index in [0.717, 1.165) is 11.3 Å². The molecule has 1 aromatic rings. The molecule has 0 bridgehead atoms. The molecule has 15 heavy (non-hydrogen) atoms. The first-order chi connectivity index (χ1) is 7.09. The van der Waals surface area contributed by atoms with Gasteiger partial charge in [-0.3, -0.25) is 4.79 Å². The maximum atomic E-state index is 10.7. The maximum Gasteiger partial charge on any atom is 0.307 e. The van der Waals surface area contributed by atoms with E-state index in [-0.39, 0.29) is 6.42 Å². The van der Waals surface area contributed by atoms with Gasteiger partial charge in [0.1, 0.15) is 11.4 Å². The van der Waals surface area contributed by atoms with Gasteiger partial charge in [0.25, 0.3) is 0 Å². The lowest BCUT2D eigenvalue weighted by Crippen LogP contribution is -2.34. The van der Waals surface area contributed by atoms with Crippen molar-refractivity contribution >= 4 is 12.0 Å². The fraction of sp³-hybridized carbons (Fsp3) is 0.250. The Morgan fingerprint density at radius 3 is 2.93 bits per heavy atom. The number of fused-ring (bicyclic) bond motifs is 1. The van der Waals surface area contributed by atoms with Gasteiger partial charge in [0, 0.05) is 5.56 Å². The molecule has 0 spiro atoms. The van der Waals surface area contributed by atoms with Crippen LogP contribution in [0.3, 0.4) is 0 Å². The third-order valence-electron chi connectivity index (χ3n) is 2.38. The summed E-state index contributed by atoms with van der Waals surface area (Å²) in [6.07, 6.45) is 3.67. The van der Waals surface area contributed by atoms with Crippen molar-refractivity contribution in [2.45, 2.75) is 18.9 Å². The Kier molecular flexibility index (Phi) is 2.23. The summed E-state index contributed by atoms with van der Waals surface area (Å²) < 4.78 is 5.66. The summed E-state index contributed by atoms with van der Waals surface area (Å²) in [5, 5.41) is 8.77. The van der Waals surface area contributed by atoms with Gasteiger partial charge < -0.3 is 9.84 Å². The number of carbonyl (C=O) groups is 1. The van der Waals surface area contributed by atoms with Crippen LogP contribution in [0.4, 0.5) is 0 Å². The standard InChI is InChI=1S/C12H12O3/c1-12(8-11(13)14)7-6-9-4-2-3-5-10(9)15-12/h2-7H,8H2,1H3,(H,13,14). The van der Waals surface area contributed by atoms with E-state index in [1.807, 2.05) is 30.3 Å². The van der Waals surface area contributed by atoms with Gasteiger partial charge in [-0.05, 0) is 19.1 Å². The van der Waals surface area contributed by atoms with Gasteiger partial charge in [-0.25, -0.2) is 0 Å². The summed E-state index contributed by atoms with van der Waals surface area (Å²) in [5.41, 5.74) is 0.251. The lowest BCUT2D eigenvalue weighted by molar-refractivity contribution is -0.140. The minimum atomic E-state index is -0.860. The average molecular weight is 204 g/mol. The lowest BCUT2D eigenvalue weighted by atomic mass is 9.97. The summed E-state index contributed by atoms with van der Waals surface area (Å²) in [4.78, 5) is 10.7. The van der Waals surface area contributed by atoms with Crippen LogP contribution in [-0.2, 0) is 4.79 Å². The van der Waals surface area contributed by atoms with Crippen molar-refractivity contribution in [2.24, 2.45) is 0 Å². The van der Waals surface area contributed by atoms with Gasteiger partial charge in [0.05, 0.1) is 6.42 Å². The Morgan fingerprint density at radius 2 is 2.20 bits per heavy atom. The van der Waals surface area contributed by atoms with Crippen molar-refractivity contribution in [3.63, 3.8) is 0 Å². The van der Waals surface area contributed by atoms with Gasteiger partial charge in [-0.15, -0.1) is 0 Å². The topological polar surface area (TPSA) is 46.5 Å². The molecule has 1 atom stereocenters. The van der Waals surface area contributed by atoms with Crippen LogP contribution < -0.4 is 4.74 Å². The molecule has 0 aromatic heterocycles. The van der Waals surface area contributed by atoms with Crippen LogP contribution in [0.15, 0.2) is 30.3 Å². The van der Waals surface area contributed by atoms with E-state index < -0.39 is 11.6 Å². The van der Waals surface area contributed by atoms with Crippen molar-refractivity contribution in [3.05, 3.63) is 35.9 Å². The summed E-state index contributed by atoms with van der Waals surface area (Å²) in [6.45, 7) is 1.77. The number of benzene rings is 1. The second-order valence-corrected chi connectivity index (χ2v) is 3.86. The summed E-state index contributed by atoms with van der Waals surface area (Å²) in [5.74, 6) is -0.120. The number of carboxylic acid groups (broad SMARTS) is 1. The van der Waals surface area contributed by atoms with Gasteiger partial charge in [0.2, 0.25) is 0 Å². The molecule has 0 aliphatic carbocycles. The molecular formula is C12H12O3. The summed E-state index contributed by atoms with van der Waals surface area (Å²) in [6, 6.07) is 7.58. The number of rotatable bonds is 2. The Hall–Kier alpha value is -1.77. The van der Waals surface area contributed by atoms with Gasteiger partial charge in [0.15, 0.2) is 0 Å². The highest BCUT2D eigenvalue weighted by Gasteiger charge is 2.29. The molecule has 0 saturated heterocycles. The highest BCUT2D eigenvalue weighted by Crippen LogP contribution is 2.32. The molecule has 1 aliphatic rings. The first-order valence-corrected chi connectivity index (χ1v) is 4.78. The molecule has 1 unspecified atom stereocenters. The van der Waals surface area contributed by atoms with E-state index >= 15 is 0 Å². The quantitative estimate of drug-likeness (QED) is 0.804. The molecule has 1 aromatic carbocycles. The molecule has 3 nitrogen and oxygen atoms in total. The van der Waals surface area contributed by atoms with Gasteiger partial charge in [-0.2, -0.15) is 0 Å². The van der Waals surface area contributed by atoms with E-state index in [0.29, 0.717) is 0 Å². The van der Waals surface area contributed by atoms with Crippen molar-refractivity contribution in [1.82, 2.24) is 0 Å².